The van der Waals surface area contributed by atoms with Crippen molar-refractivity contribution in [2.75, 3.05) is 10.5 Å². The van der Waals surface area contributed by atoms with E-state index in [4.69, 9.17) is 10.2 Å². The van der Waals surface area contributed by atoms with E-state index in [0.717, 1.165) is 0 Å². The topological polar surface area (TPSA) is 111 Å². The van der Waals surface area contributed by atoms with Crippen LogP contribution in [0.1, 0.15) is 5.89 Å². The molecule has 102 valence electrons. The number of hydrogen-bond donors (Lipinski definition) is 2. The van der Waals surface area contributed by atoms with E-state index in [9.17, 15) is 17.2 Å². The van der Waals surface area contributed by atoms with Crippen molar-refractivity contribution in [2.45, 2.75) is 11.8 Å². The standard InChI is InChI=1S/C9H8F2N4O3S/c1-4-13-14-9(18-4)15-19(16,17)8-6(10)2-5(12)3-7(8)11/h2-3H,12H2,1H3,(H,14,15). The zero-order chi connectivity index (χ0) is 14.2. The van der Waals surface area contributed by atoms with Crippen LogP contribution >= 0.6 is 0 Å². The van der Waals surface area contributed by atoms with E-state index in [0.29, 0.717) is 12.1 Å². The van der Waals surface area contributed by atoms with E-state index >= 15 is 0 Å². The maximum absolute atomic E-state index is 13.5. The highest BCUT2D eigenvalue weighted by Gasteiger charge is 2.26. The average Bonchev–Trinajstić information content (AvgIpc) is 2.60. The molecule has 3 N–H and O–H groups in total. The number of hydrogen-bond acceptors (Lipinski definition) is 6. The van der Waals surface area contributed by atoms with Crippen LogP contribution in [0.5, 0.6) is 0 Å². The summed E-state index contributed by atoms with van der Waals surface area (Å²) in [4.78, 5) is -1.17. The van der Waals surface area contributed by atoms with E-state index in [1.54, 1.807) is 4.72 Å². The average molecular weight is 290 g/mol. The van der Waals surface area contributed by atoms with Gasteiger partial charge in [-0.25, -0.2) is 21.9 Å². The fourth-order valence-electron chi connectivity index (χ4n) is 1.34. The Morgan fingerprint density at radius 3 is 2.32 bits per heavy atom. The molecule has 19 heavy (non-hydrogen) atoms. The minimum Gasteiger partial charge on any atom is -0.408 e. The number of aromatic nitrogens is 2. The second-order valence-corrected chi connectivity index (χ2v) is 5.16. The van der Waals surface area contributed by atoms with Crippen molar-refractivity contribution >= 4 is 21.7 Å². The highest BCUT2D eigenvalue weighted by molar-refractivity contribution is 7.92. The molecule has 2 aromatic rings. The van der Waals surface area contributed by atoms with Crippen LogP contribution in [0.15, 0.2) is 21.4 Å². The lowest BCUT2D eigenvalue weighted by molar-refractivity contribution is 0.517. The summed E-state index contributed by atoms with van der Waals surface area (Å²) in [6.07, 6.45) is 0. The Hall–Kier alpha value is -2.23. The van der Waals surface area contributed by atoms with Gasteiger partial charge in [-0.05, 0) is 12.1 Å². The third kappa shape index (κ3) is 2.62. The summed E-state index contributed by atoms with van der Waals surface area (Å²) in [5.74, 6) is -2.54. The quantitative estimate of drug-likeness (QED) is 0.817. The number of benzene rings is 1. The Morgan fingerprint density at radius 2 is 1.84 bits per heavy atom. The van der Waals surface area contributed by atoms with E-state index in [-0.39, 0.29) is 11.6 Å². The fourth-order valence-corrected chi connectivity index (χ4v) is 2.39. The second kappa shape index (κ2) is 4.46. The van der Waals surface area contributed by atoms with Gasteiger partial charge in [-0.1, -0.05) is 5.10 Å². The summed E-state index contributed by atoms with van der Waals surface area (Å²) in [5, 5.41) is 6.73. The van der Waals surface area contributed by atoms with Gasteiger partial charge in [0.25, 0.3) is 10.0 Å². The molecular weight excluding hydrogens is 282 g/mol. The van der Waals surface area contributed by atoms with Gasteiger partial charge in [-0.15, -0.1) is 5.10 Å². The van der Waals surface area contributed by atoms with Crippen LogP contribution in [0.2, 0.25) is 0 Å². The predicted octanol–water partition coefficient (Wildman–Crippen LogP) is 1.04. The first-order valence-electron chi connectivity index (χ1n) is 4.87. The highest BCUT2D eigenvalue weighted by Crippen LogP contribution is 2.23. The summed E-state index contributed by atoms with van der Waals surface area (Å²) in [6.45, 7) is 1.43. The third-order valence-electron chi connectivity index (χ3n) is 2.04. The fraction of sp³-hybridized carbons (Fsp3) is 0.111. The summed E-state index contributed by atoms with van der Waals surface area (Å²) in [6, 6.07) is 0.890. The van der Waals surface area contributed by atoms with E-state index in [2.05, 4.69) is 10.2 Å². The van der Waals surface area contributed by atoms with E-state index < -0.39 is 32.6 Å². The maximum atomic E-state index is 13.5. The molecule has 1 heterocycles. The van der Waals surface area contributed by atoms with Crippen LogP contribution in [-0.4, -0.2) is 18.6 Å². The zero-order valence-corrected chi connectivity index (χ0v) is 10.3. The Kier molecular flexibility index (Phi) is 3.10. The molecule has 0 atom stereocenters. The molecule has 0 aliphatic carbocycles. The molecule has 0 aliphatic rings. The van der Waals surface area contributed by atoms with Crippen molar-refractivity contribution < 1.29 is 21.6 Å². The first kappa shape index (κ1) is 13.2. The first-order chi connectivity index (χ1) is 8.79. The number of sulfonamides is 1. The van der Waals surface area contributed by atoms with Gasteiger partial charge in [0.05, 0.1) is 0 Å². The maximum Gasteiger partial charge on any atom is 0.329 e. The molecule has 0 unspecified atom stereocenters. The second-order valence-electron chi connectivity index (χ2n) is 3.55. The Labute approximate surface area is 106 Å². The van der Waals surface area contributed by atoms with Gasteiger partial charge in [-0.3, -0.25) is 0 Å². The molecule has 10 heteroatoms. The van der Waals surface area contributed by atoms with Crippen LogP contribution in [-0.2, 0) is 10.0 Å². The Balaban J connectivity index is 2.45. The smallest absolute Gasteiger partial charge is 0.329 e. The van der Waals surface area contributed by atoms with Crippen molar-refractivity contribution in [1.29, 1.82) is 0 Å². The number of nitrogens with zero attached hydrogens (tertiary/aromatic N) is 2. The molecule has 7 nitrogen and oxygen atoms in total. The normalized spacial score (nSPS) is 11.5. The molecule has 0 amide bonds. The summed E-state index contributed by atoms with van der Waals surface area (Å²) < 4.78 is 57.2. The molecule has 0 saturated carbocycles. The molecule has 0 fully saturated rings. The molecule has 1 aromatic heterocycles. The van der Waals surface area contributed by atoms with E-state index in [1.807, 2.05) is 0 Å². The van der Waals surface area contributed by atoms with Crippen LogP contribution in [0.3, 0.4) is 0 Å². The van der Waals surface area contributed by atoms with Crippen molar-refractivity contribution in [2.24, 2.45) is 0 Å². The molecule has 1 aromatic carbocycles. The number of nitrogen functional groups attached to an aromatic ring is 1. The Bertz CT molecular complexity index is 706. The summed E-state index contributed by atoms with van der Waals surface area (Å²) in [7, 11) is -4.53. The highest BCUT2D eigenvalue weighted by atomic mass is 32.2. The van der Waals surface area contributed by atoms with Gasteiger partial charge in [0.2, 0.25) is 5.89 Å². The van der Waals surface area contributed by atoms with Gasteiger partial charge in [-0.2, -0.15) is 0 Å². The number of halogens is 2. The van der Waals surface area contributed by atoms with E-state index in [1.165, 1.54) is 6.92 Å². The summed E-state index contributed by atoms with van der Waals surface area (Å²) in [5.41, 5.74) is 4.96. The molecule has 0 saturated heterocycles. The minimum absolute atomic E-state index is 0.0935. The zero-order valence-electron chi connectivity index (χ0n) is 9.52. The monoisotopic (exact) mass is 290 g/mol. The number of nitrogens with one attached hydrogen (secondary N) is 1. The lowest BCUT2D eigenvalue weighted by atomic mass is 10.3. The summed E-state index contributed by atoms with van der Waals surface area (Å²) >= 11 is 0. The first-order valence-corrected chi connectivity index (χ1v) is 6.35. The predicted molar refractivity (Wildman–Crippen MR) is 60.6 cm³/mol. The van der Waals surface area contributed by atoms with Crippen LogP contribution in [0.4, 0.5) is 20.5 Å². The van der Waals surface area contributed by atoms with Gasteiger partial charge >= 0.3 is 6.01 Å². The number of anilines is 2. The minimum atomic E-state index is -4.53. The largest absolute Gasteiger partial charge is 0.408 e. The lowest BCUT2D eigenvalue weighted by Crippen LogP contribution is -2.17. The molecular formula is C9H8F2N4O3S. The van der Waals surface area contributed by atoms with Gasteiger partial charge in [0.15, 0.2) is 4.90 Å². The number of nitrogens with two attached hydrogens (primary N) is 1. The van der Waals surface area contributed by atoms with Crippen molar-refractivity contribution in [3.8, 4) is 0 Å². The molecule has 0 aliphatic heterocycles. The Morgan fingerprint density at radius 1 is 1.26 bits per heavy atom. The third-order valence-corrected chi connectivity index (χ3v) is 3.41. The number of aryl methyl sites for hydroxylation is 1. The lowest BCUT2D eigenvalue weighted by Gasteiger charge is -2.07. The van der Waals surface area contributed by atoms with Crippen molar-refractivity contribution in [1.82, 2.24) is 10.2 Å². The van der Waals surface area contributed by atoms with Crippen LogP contribution in [0.25, 0.3) is 0 Å². The van der Waals surface area contributed by atoms with Crippen LogP contribution in [0, 0.1) is 18.6 Å². The van der Waals surface area contributed by atoms with Crippen molar-refractivity contribution in [3.05, 3.63) is 29.7 Å². The molecule has 0 radical (unpaired) electrons. The van der Waals surface area contributed by atoms with Gasteiger partial charge in [0.1, 0.15) is 11.6 Å². The SMILES string of the molecule is Cc1nnc(NS(=O)(=O)c2c(F)cc(N)cc2F)o1. The van der Waals surface area contributed by atoms with Gasteiger partial charge < -0.3 is 10.2 Å². The van der Waals surface area contributed by atoms with Gasteiger partial charge in [0, 0.05) is 12.6 Å². The molecule has 0 spiro atoms. The molecule has 0 bridgehead atoms. The van der Waals surface area contributed by atoms with Crippen molar-refractivity contribution in [3.63, 3.8) is 0 Å². The number of rotatable bonds is 3. The van der Waals surface area contributed by atoms with Crippen LogP contribution < -0.4 is 10.5 Å². The molecule has 2 rings (SSSR count).